The van der Waals surface area contributed by atoms with E-state index in [2.05, 4.69) is 12.6 Å². The molecule has 0 unspecified atom stereocenters. The average molecular weight is 119 g/mol. The molecule has 42 valence electrons. The fourth-order valence-electron chi connectivity index (χ4n) is 0. The third-order valence-electron chi connectivity index (χ3n) is 0.129. The molecule has 0 fully saturated rings. The minimum Gasteiger partial charge on any atom is -0.330 e. The van der Waals surface area contributed by atoms with Crippen LogP contribution in [0, 0.1) is 10.8 Å². The number of hydrogen-bond donors (Lipinski definition) is 4. The van der Waals surface area contributed by atoms with Gasteiger partial charge in [0, 0.05) is 12.3 Å². The Hall–Kier alpha value is -0.310. The summed E-state index contributed by atoms with van der Waals surface area (Å²) in [6.07, 6.45) is 0. The van der Waals surface area contributed by atoms with E-state index in [0.29, 0.717) is 6.54 Å². The van der Waals surface area contributed by atoms with Crippen molar-refractivity contribution < 1.29 is 0 Å². The Balaban J connectivity index is 0. The molecule has 0 aromatic rings. The highest BCUT2D eigenvalue weighted by molar-refractivity contribution is 7.80. The molecule has 0 aromatic heterocycles. The molecule has 0 aliphatic rings. The molecular formula is C3H9N3S. The van der Waals surface area contributed by atoms with Crippen LogP contribution in [0.5, 0.6) is 0 Å². The van der Waals surface area contributed by atoms with E-state index in [1.807, 2.05) is 0 Å². The summed E-state index contributed by atoms with van der Waals surface area (Å²) in [6.45, 7) is 0.684. The van der Waals surface area contributed by atoms with E-state index in [0.717, 1.165) is 5.75 Å². The molecule has 0 aliphatic heterocycles. The molecule has 0 heterocycles. The third kappa shape index (κ3) is 163. The van der Waals surface area contributed by atoms with Crippen LogP contribution in [-0.4, -0.2) is 18.3 Å². The zero-order valence-electron chi connectivity index (χ0n) is 3.94. The van der Waals surface area contributed by atoms with Crippen molar-refractivity contribution in [3.63, 3.8) is 0 Å². The Bertz CT molecular complexity index is 46.1. The van der Waals surface area contributed by atoms with Gasteiger partial charge in [0.2, 0.25) is 0 Å². The van der Waals surface area contributed by atoms with E-state index >= 15 is 0 Å². The van der Waals surface area contributed by atoms with Gasteiger partial charge in [-0.05, 0) is 0 Å². The summed E-state index contributed by atoms with van der Waals surface area (Å²) >= 11 is 3.80. The van der Waals surface area contributed by atoms with Gasteiger partial charge in [0.1, 0.15) is 0 Å². The van der Waals surface area contributed by atoms with Gasteiger partial charge in [-0.2, -0.15) is 12.6 Å². The first-order valence-electron chi connectivity index (χ1n) is 1.72. The predicted molar refractivity (Wildman–Crippen MR) is 33.4 cm³/mol. The first-order chi connectivity index (χ1) is 3.33. The summed E-state index contributed by atoms with van der Waals surface area (Å²) in [7, 11) is 0. The Labute approximate surface area is 48.3 Å². The molecule has 0 radical (unpaired) electrons. The van der Waals surface area contributed by atoms with Crippen LogP contribution in [0.2, 0.25) is 0 Å². The molecule has 4 N–H and O–H groups in total. The van der Waals surface area contributed by atoms with E-state index in [-0.39, 0.29) is 0 Å². The molecule has 0 aliphatic carbocycles. The highest BCUT2D eigenvalue weighted by atomic mass is 32.1. The summed E-state index contributed by atoms with van der Waals surface area (Å²) in [6, 6.07) is 1.25. The molecule has 3 nitrogen and oxygen atoms in total. The lowest BCUT2D eigenvalue weighted by Gasteiger charge is -1.69. The highest BCUT2D eigenvalue weighted by Gasteiger charge is 1.56. The Morgan fingerprint density at radius 1 is 1.57 bits per heavy atom. The fraction of sp³-hybridized carbons (Fsp3) is 0.667. The topological polar surface area (TPSA) is 73.7 Å². The van der Waals surface area contributed by atoms with Gasteiger partial charge >= 0.3 is 0 Å². The SMILES string of the molecule is N=C=N.NCCS. The molecule has 0 atom stereocenters. The van der Waals surface area contributed by atoms with Crippen LogP contribution in [0.1, 0.15) is 0 Å². The van der Waals surface area contributed by atoms with Gasteiger partial charge in [-0.1, -0.05) is 0 Å². The van der Waals surface area contributed by atoms with Crippen LogP contribution >= 0.6 is 12.6 Å². The maximum absolute atomic E-state index is 5.62. The summed E-state index contributed by atoms with van der Waals surface area (Å²) < 4.78 is 0. The summed E-state index contributed by atoms with van der Waals surface area (Å²) in [5.41, 5.74) is 4.95. The molecule has 0 bridgehead atoms. The largest absolute Gasteiger partial charge is 0.330 e. The van der Waals surface area contributed by atoms with Gasteiger partial charge in [0.25, 0.3) is 0 Å². The predicted octanol–water partition coefficient (Wildman–Crippen LogP) is 0.193. The lowest BCUT2D eigenvalue weighted by atomic mass is 10.8. The van der Waals surface area contributed by atoms with Crippen molar-refractivity contribution in [3.8, 4) is 0 Å². The molecule has 7 heavy (non-hydrogen) atoms. The molecular weight excluding hydrogens is 110 g/mol. The zero-order chi connectivity index (χ0) is 6.12. The molecule has 4 heteroatoms. The maximum atomic E-state index is 5.62. The van der Waals surface area contributed by atoms with Crippen LogP contribution in [0.3, 0.4) is 0 Å². The number of thiol groups is 1. The van der Waals surface area contributed by atoms with Crippen molar-refractivity contribution >= 4 is 18.6 Å². The van der Waals surface area contributed by atoms with Crippen molar-refractivity contribution in [3.05, 3.63) is 0 Å². The molecule has 0 rings (SSSR count). The molecule has 0 saturated carbocycles. The lowest BCUT2D eigenvalue weighted by Crippen LogP contribution is -1.97. The first-order valence-corrected chi connectivity index (χ1v) is 2.36. The second-order valence-corrected chi connectivity index (χ2v) is 1.08. The smallest absolute Gasteiger partial charge is 0.0831 e. The number of hydrogen-bond acceptors (Lipinski definition) is 4. The molecule has 0 aromatic carbocycles. The van der Waals surface area contributed by atoms with Crippen molar-refractivity contribution in [2.45, 2.75) is 0 Å². The van der Waals surface area contributed by atoms with Crippen molar-refractivity contribution in [2.24, 2.45) is 5.73 Å². The van der Waals surface area contributed by atoms with Gasteiger partial charge in [-0.25, -0.2) is 10.8 Å². The Morgan fingerprint density at radius 2 is 1.71 bits per heavy atom. The van der Waals surface area contributed by atoms with Gasteiger partial charge in [-0.3, -0.25) is 0 Å². The van der Waals surface area contributed by atoms with Crippen molar-refractivity contribution in [1.29, 1.82) is 10.8 Å². The van der Waals surface area contributed by atoms with Crippen LogP contribution in [-0.2, 0) is 0 Å². The standard InChI is InChI=1S/C2H7NS.CH2N2/c3-1-2-4;2-1-3/h4H,1-3H2;2-3H. The van der Waals surface area contributed by atoms with Crippen LogP contribution in [0.25, 0.3) is 0 Å². The quantitative estimate of drug-likeness (QED) is 0.289. The maximum Gasteiger partial charge on any atom is 0.0831 e. The van der Waals surface area contributed by atoms with E-state index in [4.69, 9.17) is 16.6 Å². The van der Waals surface area contributed by atoms with Gasteiger partial charge in [-0.15, -0.1) is 0 Å². The normalized spacial score (nSPS) is 5.43. The Morgan fingerprint density at radius 3 is 1.71 bits per heavy atom. The minimum absolute atomic E-state index is 0.684. The number of nitrogens with two attached hydrogens (primary N) is 1. The summed E-state index contributed by atoms with van der Waals surface area (Å²) in [5, 5.41) is 11.2. The fourth-order valence-corrected chi connectivity index (χ4v) is 0. The van der Waals surface area contributed by atoms with Crippen molar-refractivity contribution in [1.82, 2.24) is 0 Å². The summed E-state index contributed by atoms with van der Waals surface area (Å²) in [5.74, 6) is 0.792. The van der Waals surface area contributed by atoms with Gasteiger partial charge in [0.05, 0.1) is 6.01 Å². The van der Waals surface area contributed by atoms with Crippen molar-refractivity contribution in [2.75, 3.05) is 12.3 Å². The molecule has 0 saturated heterocycles. The average Bonchev–Trinajstić information content (AvgIpc) is 1.69. The zero-order valence-corrected chi connectivity index (χ0v) is 4.83. The van der Waals surface area contributed by atoms with Crippen LogP contribution in [0.15, 0.2) is 0 Å². The first kappa shape index (κ1) is 9.85. The van der Waals surface area contributed by atoms with E-state index < -0.39 is 0 Å². The highest BCUT2D eigenvalue weighted by Crippen LogP contribution is 1.58. The minimum atomic E-state index is 0.684. The lowest BCUT2D eigenvalue weighted by molar-refractivity contribution is 1.16. The van der Waals surface area contributed by atoms with Crippen LogP contribution in [0.4, 0.5) is 0 Å². The molecule has 0 amide bonds. The summed E-state index contributed by atoms with van der Waals surface area (Å²) in [4.78, 5) is 0. The van der Waals surface area contributed by atoms with E-state index in [1.54, 1.807) is 0 Å². The van der Waals surface area contributed by atoms with Crippen LogP contribution < -0.4 is 5.73 Å². The van der Waals surface area contributed by atoms with Gasteiger partial charge in [0.15, 0.2) is 0 Å². The third-order valence-corrected chi connectivity index (χ3v) is 0.387. The second kappa shape index (κ2) is 17.3. The second-order valence-electron chi connectivity index (χ2n) is 0.637. The molecule has 0 spiro atoms. The van der Waals surface area contributed by atoms with E-state index in [1.165, 1.54) is 6.01 Å². The van der Waals surface area contributed by atoms with Gasteiger partial charge < -0.3 is 5.73 Å². The number of nitrogens with one attached hydrogen (secondary N) is 2. The van der Waals surface area contributed by atoms with E-state index in [9.17, 15) is 0 Å². The number of rotatable bonds is 1. The Kier molecular flexibility index (Phi) is 24.3. The monoisotopic (exact) mass is 119 g/mol.